The Morgan fingerprint density at radius 2 is 2.24 bits per heavy atom. The van der Waals surface area contributed by atoms with Crippen LogP contribution in [0, 0.1) is 0 Å². The standard InChI is InChI=1S/C15H21N5O/c1-19(11-14(21)20-7-5-16-6-8-20)10-12-9-18-15-13(12)3-2-4-17-15/h2-4,9,16H,5-8,10-11H2,1H3,(H,17,18). The molecule has 3 heterocycles. The van der Waals surface area contributed by atoms with Gasteiger partial charge in [-0.2, -0.15) is 0 Å². The predicted octanol–water partition coefficient (Wildman–Crippen LogP) is 0.427. The summed E-state index contributed by atoms with van der Waals surface area (Å²) in [5.74, 6) is 0.206. The normalized spacial score (nSPS) is 15.8. The summed E-state index contributed by atoms with van der Waals surface area (Å²) in [5, 5.41) is 4.38. The Morgan fingerprint density at radius 1 is 1.43 bits per heavy atom. The van der Waals surface area contributed by atoms with Gasteiger partial charge in [0.1, 0.15) is 5.65 Å². The van der Waals surface area contributed by atoms with Gasteiger partial charge in [-0.05, 0) is 24.7 Å². The van der Waals surface area contributed by atoms with E-state index in [9.17, 15) is 4.79 Å². The van der Waals surface area contributed by atoms with Crippen molar-refractivity contribution in [1.29, 1.82) is 0 Å². The summed E-state index contributed by atoms with van der Waals surface area (Å²) in [5.41, 5.74) is 2.07. The Kier molecular flexibility index (Phi) is 4.17. The fraction of sp³-hybridized carbons (Fsp3) is 0.467. The van der Waals surface area contributed by atoms with E-state index >= 15 is 0 Å². The highest BCUT2D eigenvalue weighted by molar-refractivity contribution is 5.80. The largest absolute Gasteiger partial charge is 0.346 e. The third-order valence-electron chi connectivity index (χ3n) is 3.85. The van der Waals surface area contributed by atoms with Crippen molar-refractivity contribution in [2.24, 2.45) is 0 Å². The van der Waals surface area contributed by atoms with Crippen molar-refractivity contribution in [3.05, 3.63) is 30.1 Å². The second-order valence-electron chi connectivity index (χ2n) is 5.52. The number of hydrogen-bond donors (Lipinski definition) is 2. The number of likely N-dealkylation sites (N-methyl/N-ethyl adjacent to an activating group) is 1. The van der Waals surface area contributed by atoms with Crippen LogP contribution in [0.4, 0.5) is 0 Å². The first-order valence-electron chi connectivity index (χ1n) is 7.32. The van der Waals surface area contributed by atoms with E-state index in [1.807, 2.05) is 24.2 Å². The van der Waals surface area contributed by atoms with Crippen molar-refractivity contribution < 1.29 is 4.79 Å². The zero-order chi connectivity index (χ0) is 14.7. The summed E-state index contributed by atoms with van der Waals surface area (Å²) in [4.78, 5) is 23.7. The van der Waals surface area contributed by atoms with E-state index in [1.165, 1.54) is 5.56 Å². The number of aromatic nitrogens is 2. The minimum absolute atomic E-state index is 0.206. The number of nitrogens with one attached hydrogen (secondary N) is 2. The molecule has 2 aromatic rings. The Hall–Kier alpha value is -1.92. The molecule has 0 radical (unpaired) electrons. The van der Waals surface area contributed by atoms with Gasteiger partial charge in [0, 0.05) is 50.5 Å². The Labute approximate surface area is 124 Å². The molecule has 0 saturated carbocycles. The lowest BCUT2D eigenvalue weighted by Gasteiger charge is -2.29. The number of pyridine rings is 1. The molecular formula is C15H21N5O. The van der Waals surface area contributed by atoms with Gasteiger partial charge in [-0.1, -0.05) is 0 Å². The molecule has 21 heavy (non-hydrogen) atoms. The second-order valence-corrected chi connectivity index (χ2v) is 5.52. The number of amides is 1. The zero-order valence-electron chi connectivity index (χ0n) is 12.3. The third-order valence-corrected chi connectivity index (χ3v) is 3.85. The van der Waals surface area contributed by atoms with Crippen LogP contribution in [0.2, 0.25) is 0 Å². The lowest BCUT2D eigenvalue weighted by Crippen LogP contribution is -2.49. The molecule has 6 nitrogen and oxygen atoms in total. The summed E-state index contributed by atoms with van der Waals surface area (Å²) in [6.45, 7) is 4.59. The van der Waals surface area contributed by atoms with Gasteiger partial charge in [0.2, 0.25) is 5.91 Å². The molecule has 1 aliphatic heterocycles. The van der Waals surface area contributed by atoms with Crippen molar-refractivity contribution in [3.8, 4) is 0 Å². The summed E-state index contributed by atoms with van der Waals surface area (Å²) in [6, 6.07) is 3.99. The highest BCUT2D eigenvalue weighted by Gasteiger charge is 2.18. The van der Waals surface area contributed by atoms with E-state index < -0.39 is 0 Å². The molecule has 1 aliphatic rings. The molecule has 3 rings (SSSR count). The number of fused-ring (bicyclic) bond motifs is 1. The first kappa shape index (κ1) is 14.0. The minimum atomic E-state index is 0.206. The lowest BCUT2D eigenvalue weighted by atomic mass is 10.2. The molecule has 0 aliphatic carbocycles. The van der Waals surface area contributed by atoms with Gasteiger partial charge >= 0.3 is 0 Å². The first-order valence-corrected chi connectivity index (χ1v) is 7.32. The second kappa shape index (κ2) is 6.24. The Balaban J connectivity index is 1.60. The van der Waals surface area contributed by atoms with Crippen LogP contribution in [0.3, 0.4) is 0 Å². The SMILES string of the molecule is CN(CC(=O)N1CCNCC1)Cc1c[nH]c2ncccc12. The quantitative estimate of drug-likeness (QED) is 0.856. The lowest BCUT2D eigenvalue weighted by molar-refractivity contribution is -0.132. The van der Waals surface area contributed by atoms with Crippen LogP contribution in [-0.4, -0.2) is 65.4 Å². The number of nitrogens with zero attached hydrogens (tertiary/aromatic N) is 3. The average Bonchev–Trinajstić information content (AvgIpc) is 2.91. The van der Waals surface area contributed by atoms with Crippen molar-refractivity contribution >= 4 is 16.9 Å². The van der Waals surface area contributed by atoms with E-state index in [4.69, 9.17) is 0 Å². The van der Waals surface area contributed by atoms with Gasteiger partial charge in [0.15, 0.2) is 0 Å². The summed E-state index contributed by atoms with van der Waals surface area (Å²) < 4.78 is 0. The summed E-state index contributed by atoms with van der Waals surface area (Å²) in [6.07, 6.45) is 3.75. The highest BCUT2D eigenvalue weighted by Crippen LogP contribution is 2.16. The molecule has 1 saturated heterocycles. The van der Waals surface area contributed by atoms with Crippen LogP contribution >= 0.6 is 0 Å². The Bertz CT molecular complexity index is 617. The number of carbonyl (C=O) groups is 1. The smallest absolute Gasteiger partial charge is 0.236 e. The number of hydrogen-bond acceptors (Lipinski definition) is 4. The van der Waals surface area contributed by atoms with Gasteiger partial charge in [-0.15, -0.1) is 0 Å². The van der Waals surface area contributed by atoms with E-state index in [-0.39, 0.29) is 5.91 Å². The van der Waals surface area contributed by atoms with Crippen LogP contribution in [0.5, 0.6) is 0 Å². The molecule has 1 fully saturated rings. The van der Waals surface area contributed by atoms with E-state index in [2.05, 4.69) is 26.3 Å². The van der Waals surface area contributed by atoms with Crippen LogP contribution in [0.15, 0.2) is 24.5 Å². The molecule has 0 unspecified atom stereocenters. The number of piperazine rings is 1. The molecule has 112 valence electrons. The fourth-order valence-electron chi connectivity index (χ4n) is 2.74. The van der Waals surface area contributed by atoms with Crippen molar-refractivity contribution in [3.63, 3.8) is 0 Å². The average molecular weight is 287 g/mol. The summed E-state index contributed by atoms with van der Waals surface area (Å²) in [7, 11) is 1.98. The Morgan fingerprint density at radius 3 is 3.05 bits per heavy atom. The van der Waals surface area contributed by atoms with Gasteiger partial charge in [-0.25, -0.2) is 4.98 Å². The topological polar surface area (TPSA) is 64.3 Å². The van der Waals surface area contributed by atoms with Gasteiger partial charge < -0.3 is 15.2 Å². The monoisotopic (exact) mass is 287 g/mol. The van der Waals surface area contributed by atoms with Gasteiger partial charge in [0.25, 0.3) is 0 Å². The molecule has 0 spiro atoms. The van der Waals surface area contributed by atoms with Crippen molar-refractivity contribution in [1.82, 2.24) is 25.1 Å². The predicted molar refractivity (Wildman–Crippen MR) is 81.9 cm³/mol. The van der Waals surface area contributed by atoms with E-state index in [0.29, 0.717) is 6.54 Å². The molecule has 0 aromatic carbocycles. The van der Waals surface area contributed by atoms with Crippen LogP contribution in [0.25, 0.3) is 11.0 Å². The molecule has 1 amide bonds. The van der Waals surface area contributed by atoms with Gasteiger partial charge in [0.05, 0.1) is 6.54 Å². The van der Waals surface area contributed by atoms with Crippen LogP contribution in [0.1, 0.15) is 5.56 Å². The maximum Gasteiger partial charge on any atom is 0.236 e. The number of rotatable bonds is 4. The van der Waals surface area contributed by atoms with Crippen LogP contribution in [-0.2, 0) is 11.3 Å². The van der Waals surface area contributed by atoms with E-state index in [1.54, 1.807) is 6.20 Å². The molecular weight excluding hydrogens is 266 g/mol. The van der Waals surface area contributed by atoms with E-state index in [0.717, 1.165) is 43.8 Å². The van der Waals surface area contributed by atoms with Crippen molar-refractivity contribution in [2.75, 3.05) is 39.8 Å². The highest BCUT2D eigenvalue weighted by atomic mass is 16.2. The molecule has 6 heteroatoms. The maximum atomic E-state index is 12.2. The maximum absolute atomic E-state index is 12.2. The van der Waals surface area contributed by atoms with Crippen LogP contribution < -0.4 is 5.32 Å². The van der Waals surface area contributed by atoms with Gasteiger partial charge in [-0.3, -0.25) is 9.69 Å². The third kappa shape index (κ3) is 3.22. The summed E-state index contributed by atoms with van der Waals surface area (Å²) >= 11 is 0. The number of aromatic amines is 1. The molecule has 0 atom stereocenters. The molecule has 2 aromatic heterocycles. The van der Waals surface area contributed by atoms with Crippen molar-refractivity contribution in [2.45, 2.75) is 6.54 Å². The molecule has 2 N–H and O–H groups in total. The minimum Gasteiger partial charge on any atom is -0.346 e. The molecule has 0 bridgehead atoms. The first-order chi connectivity index (χ1) is 10.2. The fourth-order valence-corrected chi connectivity index (χ4v) is 2.74. The number of carbonyl (C=O) groups excluding carboxylic acids is 1. The number of H-pyrrole nitrogens is 1. The zero-order valence-corrected chi connectivity index (χ0v) is 12.3.